The maximum atomic E-state index is 9.02. The first-order valence-corrected chi connectivity index (χ1v) is 4.26. The third-order valence-electron chi connectivity index (χ3n) is 2.06. The van der Waals surface area contributed by atoms with Gasteiger partial charge in [-0.15, -0.1) is 0 Å². The van der Waals surface area contributed by atoms with Crippen LogP contribution in [-0.4, -0.2) is 22.5 Å². The van der Waals surface area contributed by atoms with Crippen LogP contribution in [0.25, 0.3) is 0 Å². The molecule has 3 heteroatoms. The molecule has 1 unspecified atom stereocenters. The summed E-state index contributed by atoms with van der Waals surface area (Å²) in [4.78, 5) is 0. The molecule has 0 aromatic heterocycles. The van der Waals surface area contributed by atoms with Crippen molar-refractivity contribution in [2.45, 2.75) is 18.9 Å². The minimum atomic E-state index is -0.651. The molecule has 1 aromatic rings. The van der Waals surface area contributed by atoms with E-state index in [1.165, 1.54) is 0 Å². The first-order chi connectivity index (χ1) is 6.20. The van der Waals surface area contributed by atoms with E-state index in [0.717, 1.165) is 5.56 Å². The van der Waals surface area contributed by atoms with Crippen LogP contribution >= 0.6 is 0 Å². The number of hydrogen-bond acceptors (Lipinski definition) is 3. The highest BCUT2D eigenvalue weighted by Crippen LogP contribution is 2.11. The minimum absolute atomic E-state index is 0.0988. The Morgan fingerprint density at radius 3 is 2.38 bits per heavy atom. The van der Waals surface area contributed by atoms with Crippen molar-refractivity contribution < 1.29 is 10.3 Å². The van der Waals surface area contributed by atoms with Crippen LogP contribution in [0.15, 0.2) is 30.3 Å². The molecule has 3 N–H and O–H groups in total. The lowest BCUT2D eigenvalue weighted by atomic mass is 9.95. The number of nitrogens with one attached hydrogen (secondary N) is 1. The predicted molar refractivity (Wildman–Crippen MR) is 50.6 cm³/mol. The van der Waals surface area contributed by atoms with Crippen molar-refractivity contribution in [1.82, 2.24) is 5.48 Å². The number of aliphatic hydroxyl groups excluding tert-OH is 1. The summed E-state index contributed by atoms with van der Waals surface area (Å²) in [6.07, 6.45) is 0.598. The molecule has 1 aromatic carbocycles. The van der Waals surface area contributed by atoms with Gasteiger partial charge in [-0.25, -0.2) is 0 Å². The molecule has 0 aliphatic carbocycles. The maximum absolute atomic E-state index is 9.02. The number of aliphatic hydroxyl groups is 1. The average molecular weight is 181 g/mol. The highest BCUT2D eigenvalue weighted by Gasteiger charge is 2.22. The van der Waals surface area contributed by atoms with Gasteiger partial charge < -0.3 is 10.3 Å². The van der Waals surface area contributed by atoms with Gasteiger partial charge in [-0.1, -0.05) is 30.3 Å². The lowest BCUT2D eigenvalue weighted by Crippen LogP contribution is -2.45. The summed E-state index contributed by atoms with van der Waals surface area (Å²) in [7, 11) is 0. The van der Waals surface area contributed by atoms with Gasteiger partial charge >= 0.3 is 0 Å². The molecule has 0 heterocycles. The van der Waals surface area contributed by atoms with Gasteiger partial charge in [0.2, 0.25) is 0 Å². The zero-order valence-corrected chi connectivity index (χ0v) is 7.70. The van der Waals surface area contributed by atoms with Gasteiger partial charge in [0.1, 0.15) is 0 Å². The highest BCUT2D eigenvalue weighted by atomic mass is 16.5. The van der Waals surface area contributed by atoms with Crippen molar-refractivity contribution in [3.63, 3.8) is 0 Å². The lowest BCUT2D eigenvalue weighted by Gasteiger charge is -2.25. The molecule has 0 aliphatic heterocycles. The second kappa shape index (κ2) is 4.37. The van der Waals surface area contributed by atoms with Crippen molar-refractivity contribution in [2.75, 3.05) is 6.61 Å². The molecule has 1 rings (SSSR count). The summed E-state index contributed by atoms with van der Waals surface area (Å²) >= 11 is 0. The first-order valence-electron chi connectivity index (χ1n) is 4.26. The van der Waals surface area contributed by atoms with Gasteiger partial charge in [-0.05, 0) is 18.9 Å². The van der Waals surface area contributed by atoms with E-state index in [1.54, 1.807) is 6.92 Å². The molecule has 0 saturated carbocycles. The largest absolute Gasteiger partial charge is 0.394 e. The molecule has 72 valence electrons. The average Bonchev–Trinajstić information content (AvgIpc) is 2.19. The minimum Gasteiger partial charge on any atom is -0.394 e. The van der Waals surface area contributed by atoms with Crippen LogP contribution in [0.2, 0.25) is 0 Å². The summed E-state index contributed by atoms with van der Waals surface area (Å²) in [5.74, 6) is 0. The molecule has 0 saturated heterocycles. The smallest absolute Gasteiger partial charge is 0.0672 e. The lowest BCUT2D eigenvalue weighted by molar-refractivity contribution is 0.0327. The Hall–Kier alpha value is -0.900. The molecule has 0 radical (unpaired) electrons. The Labute approximate surface area is 78.0 Å². The van der Waals surface area contributed by atoms with Crippen molar-refractivity contribution in [1.29, 1.82) is 0 Å². The first kappa shape index (κ1) is 10.2. The van der Waals surface area contributed by atoms with Crippen molar-refractivity contribution in [3.8, 4) is 0 Å². The molecule has 0 fully saturated rings. The molecule has 0 bridgehead atoms. The Bertz CT molecular complexity index is 244. The van der Waals surface area contributed by atoms with Crippen LogP contribution < -0.4 is 5.48 Å². The Balaban J connectivity index is 2.68. The van der Waals surface area contributed by atoms with E-state index < -0.39 is 5.54 Å². The molecule has 0 aliphatic rings. The fraction of sp³-hybridized carbons (Fsp3) is 0.400. The number of rotatable bonds is 4. The third kappa shape index (κ3) is 2.81. The summed E-state index contributed by atoms with van der Waals surface area (Å²) in [6.45, 7) is 1.67. The standard InChI is InChI=1S/C10H15NO2/c1-10(8-12,11-13)7-9-5-3-2-4-6-9/h2-6,11-13H,7-8H2,1H3. The van der Waals surface area contributed by atoms with Crippen molar-refractivity contribution in [2.24, 2.45) is 0 Å². The van der Waals surface area contributed by atoms with E-state index >= 15 is 0 Å². The molecule has 1 atom stereocenters. The molecular formula is C10H15NO2. The van der Waals surface area contributed by atoms with E-state index in [2.05, 4.69) is 5.48 Å². The van der Waals surface area contributed by atoms with Gasteiger partial charge in [-0.3, -0.25) is 0 Å². The second-order valence-corrected chi connectivity index (χ2v) is 3.49. The molecule has 13 heavy (non-hydrogen) atoms. The summed E-state index contributed by atoms with van der Waals surface area (Å²) in [6, 6.07) is 9.73. The van der Waals surface area contributed by atoms with Gasteiger partial charge in [0.25, 0.3) is 0 Å². The maximum Gasteiger partial charge on any atom is 0.0672 e. The third-order valence-corrected chi connectivity index (χ3v) is 2.06. The van der Waals surface area contributed by atoms with Crippen LogP contribution in [0, 0.1) is 0 Å². The van der Waals surface area contributed by atoms with Crippen molar-refractivity contribution >= 4 is 0 Å². The second-order valence-electron chi connectivity index (χ2n) is 3.49. The predicted octanol–water partition coefficient (Wildman–Crippen LogP) is 0.959. The van der Waals surface area contributed by atoms with E-state index in [0.29, 0.717) is 6.42 Å². The molecular weight excluding hydrogens is 166 g/mol. The van der Waals surface area contributed by atoms with Crippen LogP contribution in [0.5, 0.6) is 0 Å². The topological polar surface area (TPSA) is 52.5 Å². The fourth-order valence-corrected chi connectivity index (χ4v) is 1.18. The summed E-state index contributed by atoms with van der Waals surface area (Å²) < 4.78 is 0. The zero-order valence-electron chi connectivity index (χ0n) is 7.70. The number of hydroxylamine groups is 1. The Morgan fingerprint density at radius 2 is 1.92 bits per heavy atom. The zero-order chi connectivity index (χ0) is 9.73. The van der Waals surface area contributed by atoms with Gasteiger partial charge in [0.15, 0.2) is 0 Å². The number of benzene rings is 1. The van der Waals surface area contributed by atoms with Gasteiger partial charge in [-0.2, -0.15) is 5.48 Å². The molecule has 0 amide bonds. The molecule has 3 nitrogen and oxygen atoms in total. The summed E-state index contributed by atoms with van der Waals surface area (Å²) in [5.41, 5.74) is 2.56. The van der Waals surface area contributed by atoms with Crippen LogP contribution in [0.4, 0.5) is 0 Å². The Kier molecular flexibility index (Phi) is 3.42. The van der Waals surface area contributed by atoms with E-state index in [4.69, 9.17) is 10.3 Å². The SMILES string of the molecule is CC(CO)(Cc1ccccc1)NO. The fourth-order valence-electron chi connectivity index (χ4n) is 1.18. The van der Waals surface area contributed by atoms with Crippen molar-refractivity contribution in [3.05, 3.63) is 35.9 Å². The quantitative estimate of drug-likeness (QED) is 0.606. The van der Waals surface area contributed by atoms with Crippen LogP contribution in [-0.2, 0) is 6.42 Å². The van der Waals surface area contributed by atoms with E-state index in [-0.39, 0.29) is 6.61 Å². The highest BCUT2D eigenvalue weighted by molar-refractivity contribution is 5.17. The Morgan fingerprint density at radius 1 is 1.31 bits per heavy atom. The van der Waals surface area contributed by atoms with Gasteiger partial charge in [0.05, 0.1) is 12.1 Å². The van der Waals surface area contributed by atoms with Gasteiger partial charge in [0, 0.05) is 0 Å². The monoisotopic (exact) mass is 181 g/mol. The van der Waals surface area contributed by atoms with E-state index in [1.807, 2.05) is 30.3 Å². The van der Waals surface area contributed by atoms with Crippen LogP contribution in [0.3, 0.4) is 0 Å². The van der Waals surface area contributed by atoms with E-state index in [9.17, 15) is 0 Å². The normalized spacial score (nSPS) is 15.3. The number of hydrogen-bond donors (Lipinski definition) is 3. The van der Waals surface area contributed by atoms with Crippen LogP contribution in [0.1, 0.15) is 12.5 Å². The molecule has 0 spiro atoms. The summed E-state index contributed by atoms with van der Waals surface area (Å²) in [5, 5.41) is 17.9.